The number of aromatic nitrogens is 1. The van der Waals surface area contributed by atoms with Crippen LogP contribution in [0.4, 0.5) is 0 Å². The van der Waals surface area contributed by atoms with Crippen LogP contribution >= 0.6 is 0 Å². The predicted octanol–water partition coefficient (Wildman–Crippen LogP) is 4.40. The Balaban J connectivity index is 1.62. The first-order chi connectivity index (χ1) is 13.8. The maximum absolute atomic E-state index is 12.7. The third-order valence-electron chi connectivity index (χ3n) is 4.54. The number of hydrogen-bond donors (Lipinski definition) is 1. The normalized spacial score (nSPS) is 11.0. The monoisotopic (exact) mass is 369 g/mol. The van der Waals surface area contributed by atoms with Crippen LogP contribution in [0.3, 0.4) is 0 Å². The van der Waals surface area contributed by atoms with Gasteiger partial charge in [0.2, 0.25) is 0 Å². The van der Waals surface area contributed by atoms with Crippen LogP contribution in [0.5, 0.6) is 5.75 Å². The lowest BCUT2D eigenvalue weighted by Gasteiger charge is -2.10. The van der Waals surface area contributed by atoms with E-state index in [0.29, 0.717) is 11.3 Å². The molecular weight excluding hydrogens is 350 g/mol. The molecule has 0 radical (unpaired) electrons. The molecule has 5 heteroatoms. The zero-order chi connectivity index (χ0) is 19.3. The van der Waals surface area contributed by atoms with E-state index in [-0.39, 0.29) is 5.91 Å². The van der Waals surface area contributed by atoms with Crippen LogP contribution in [0.2, 0.25) is 0 Å². The second-order valence-corrected chi connectivity index (χ2v) is 6.21. The van der Waals surface area contributed by atoms with Gasteiger partial charge in [-0.1, -0.05) is 42.5 Å². The van der Waals surface area contributed by atoms with E-state index in [0.717, 1.165) is 22.0 Å². The summed E-state index contributed by atoms with van der Waals surface area (Å²) in [6.45, 7) is 0. The van der Waals surface area contributed by atoms with E-state index in [9.17, 15) is 4.79 Å². The Bertz CT molecular complexity index is 1150. The molecule has 0 saturated carbocycles. The molecule has 1 aromatic heterocycles. The highest BCUT2D eigenvalue weighted by Gasteiger charge is 2.11. The number of carbonyl (C=O) groups excluding carboxylic acids is 1. The number of carbonyl (C=O) groups is 1. The van der Waals surface area contributed by atoms with E-state index >= 15 is 0 Å². The topological polar surface area (TPSA) is 55.6 Å². The molecule has 28 heavy (non-hydrogen) atoms. The van der Waals surface area contributed by atoms with Crippen LogP contribution in [-0.2, 0) is 0 Å². The minimum Gasteiger partial charge on any atom is -0.496 e. The standard InChI is InChI=1S/C23H19N3O2/c1-28-22-13-12-17-8-2-3-9-18(17)20(22)16-24-25-23(27)19-10-4-5-11-21(19)26-14-6-7-15-26/h2-16H,1H3,(H,25,27)/b24-16-. The van der Waals surface area contributed by atoms with Gasteiger partial charge >= 0.3 is 0 Å². The van der Waals surface area contributed by atoms with E-state index in [2.05, 4.69) is 10.5 Å². The fraction of sp³-hybridized carbons (Fsp3) is 0.0435. The van der Waals surface area contributed by atoms with Crippen molar-refractivity contribution in [1.29, 1.82) is 0 Å². The molecule has 1 amide bonds. The van der Waals surface area contributed by atoms with Gasteiger partial charge in [-0.3, -0.25) is 4.79 Å². The molecule has 0 unspecified atom stereocenters. The fourth-order valence-corrected chi connectivity index (χ4v) is 3.19. The Hall–Kier alpha value is -3.86. The molecule has 0 atom stereocenters. The van der Waals surface area contributed by atoms with Crippen LogP contribution < -0.4 is 10.2 Å². The highest BCUT2D eigenvalue weighted by Crippen LogP contribution is 2.26. The number of rotatable bonds is 5. The number of hydrazone groups is 1. The number of hydrogen-bond acceptors (Lipinski definition) is 3. The van der Waals surface area contributed by atoms with Crippen LogP contribution in [0, 0.1) is 0 Å². The molecule has 5 nitrogen and oxygen atoms in total. The zero-order valence-corrected chi connectivity index (χ0v) is 15.4. The van der Waals surface area contributed by atoms with Crippen molar-refractivity contribution in [3.05, 3.63) is 96.3 Å². The number of fused-ring (bicyclic) bond motifs is 1. The SMILES string of the molecule is COc1ccc2ccccc2c1/C=N\NC(=O)c1ccccc1-n1cccc1. The van der Waals surface area contributed by atoms with E-state index < -0.39 is 0 Å². The Kier molecular flexibility index (Phi) is 4.89. The highest BCUT2D eigenvalue weighted by atomic mass is 16.5. The second-order valence-electron chi connectivity index (χ2n) is 6.21. The molecule has 0 aliphatic rings. The third-order valence-corrected chi connectivity index (χ3v) is 4.54. The van der Waals surface area contributed by atoms with Gasteiger partial charge < -0.3 is 9.30 Å². The van der Waals surface area contributed by atoms with E-state index in [4.69, 9.17) is 4.74 Å². The smallest absolute Gasteiger partial charge is 0.273 e. The van der Waals surface area contributed by atoms with Crippen molar-refractivity contribution in [1.82, 2.24) is 9.99 Å². The van der Waals surface area contributed by atoms with Crippen molar-refractivity contribution in [2.24, 2.45) is 5.10 Å². The average molecular weight is 369 g/mol. The quantitative estimate of drug-likeness (QED) is 0.419. The lowest BCUT2D eigenvalue weighted by Crippen LogP contribution is -2.19. The summed E-state index contributed by atoms with van der Waals surface area (Å²) in [5, 5.41) is 6.27. The molecule has 1 heterocycles. The van der Waals surface area contributed by atoms with Crippen LogP contribution in [0.15, 0.2) is 90.3 Å². The molecule has 4 rings (SSSR count). The van der Waals surface area contributed by atoms with Crippen molar-refractivity contribution in [3.63, 3.8) is 0 Å². The number of para-hydroxylation sites is 1. The summed E-state index contributed by atoms with van der Waals surface area (Å²) in [6.07, 6.45) is 5.42. The largest absolute Gasteiger partial charge is 0.496 e. The summed E-state index contributed by atoms with van der Waals surface area (Å²) < 4.78 is 7.35. The second kappa shape index (κ2) is 7.80. The average Bonchev–Trinajstić information content (AvgIpc) is 3.28. The molecule has 4 aromatic rings. The number of nitrogens with zero attached hydrogens (tertiary/aromatic N) is 2. The molecule has 1 N–H and O–H groups in total. The van der Waals surface area contributed by atoms with Crippen LogP contribution in [-0.4, -0.2) is 23.8 Å². The summed E-state index contributed by atoms with van der Waals surface area (Å²) in [6, 6.07) is 23.1. The molecule has 0 bridgehead atoms. The summed E-state index contributed by atoms with van der Waals surface area (Å²) in [5.74, 6) is 0.421. The molecule has 0 saturated heterocycles. The maximum atomic E-state index is 12.7. The summed E-state index contributed by atoms with van der Waals surface area (Å²) in [7, 11) is 1.62. The van der Waals surface area contributed by atoms with E-state index in [1.165, 1.54) is 0 Å². The van der Waals surface area contributed by atoms with Gasteiger partial charge in [-0.05, 0) is 41.1 Å². The molecular formula is C23H19N3O2. The number of amides is 1. The van der Waals surface area contributed by atoms with Gasteiger partial charge in [0.05, 0.1) is 24.6 Å². The molecule has 0 aliphatic heterocycles. The van der Waals surface area contributed by atoms with E-state index in [1.807, 2.05) is 83.7 Å². The number of ether oxygens (including phenoxy) is 1. The van der Waals surface area contributed by atoms with Crippen LogP contribution in [0.25, 0.3) is 16.5 Å². The number of benzene rings is 3. The Morgan fingerprint density at radius 1 is 0.964 bits per heavy atom. The molecule has 0 aliphatic carbocycles. The van der Waals surface area contributed by atoms with Crippen molar-refractivity contribution < 1.29 is 9.53 Å². The minimum atomic E-state index is -0.278. The third kappa shape index (κ3) is 3.38. The summed E-state index contributed by atoms with van der Waals surface area (Å²) >= 11 is 0. The predicted molar refractivity (Wildman–Crippen MR) is 111 cm³/mol. The Morgan fingerprint density at radius 2 is 1.71 bits per heavy atom. The van der Waals surface area contributed by atoms with Gasteiger partial charge in [-0.25, -0.2) is 5.43 Å². The molecule has 0 fully saturated rings. The lowest BCUT2D eigenvalue weighted by molar-refractivity contribution is 0.0955. The maximum Gasteiger partial charge on any atom is 0.273 e. The van der Waals surface area contributed by atoms with Gasteiger partial charge in [0.15, 0.2) is 0 Å². The Morgan fingerprint density at radius 3 is 2.54 bits per heavy atom. The number of nitrogens with one attached hydrogen (secondary N) is 1. The first kappa shape index (κ1) is 17.5. The van der Waals surface area contributed by atoms with E-state index in [1.54, 1.807) is 19.4 Å². The minimum absolute atomic E-state index is 0.278. The Labute approximate surface area is 162 Å². The summed E-state index contributed by atoms with van der Waals surface area (Å²) in [4.78, 5) is 12.7. The van der Waals surface area contributed by atoms with Crippen molar-refractivity contribution in [2.75, 3.05) is 7.11 Å². The van der Waals surface area contributed by atoms with Gasteiger partial charge in [-0.15, -0.1) is 0 Å². The fourth-order valence-electron chi connectivity index (χ4n) is 3.19. The van der Waals surface area contributed by atoms with Crippen molar-refractivity contribution >= 4 is 22.9 Å². The molecule has 0 spiro atoms. The van der Waals surface area contributed by atoms with Crippen molar-refractivity contribution in [2.45, 2.75) is 0 Å². The number of methoxy groups -OCH3 is 1. The molecule has 3 aromatic carbocycles. The highest BCUT2D eigenvalue weighted by molar-refractivity contribution is 6.03. The zero-order valence-electron chi connectivity index (χ0n) is 15.4. The molecule has 138 valence electrons. The summed E-state index contributed by atoms with van der Waals surface area (Å²) in [5.41, 5.74) is 4.78. The van der Waals surface area contributed by atoms with Crippen molar-refractivity contribution in [3.8, 4) is 11.4 Å². The first-order valence-corrected chi connectivity index (χ1v) is 8.89. The van der Waals surface area contributed by atoms with Gasteiger partial charge in [0.1, 0.15) is 5.75 Å². The first-order valence-electron chi connectivity index (χ1n) is 8.89. The lowest BCUT2D eigenvalue weighted by atomic mass is 10.0. The van der Waals surface area contributed by atoms with Gasteiger partial charge in [-0.2, -0.15) is 5.10 Å². The van der Waals surface area contributed by atoms with Gasteiger partial charge in [0, 0.05) is 18.0 Å². The van der Waals surface area contributed by atoms with Gasteiger partial charge in [0.25, 0.3) is 5.91 Å². The van der Waals surface area contributed by atoms with Crippen LogP contribution in [0.1, 0.15) is 15.9 Å².